The van der Waals surface area contributed by atoms with Crippen molar-refractivity contribution in [3.63, 3.8) is 0 Å². The number of nitrogens with two attached hydrogens (primary N) is 1. The molecule has 3 amide bonds. The van der Waals surface area contributed by atoms with Crippen LogP contribution in [0.25, 0.3) is 0 Å². The van der Waals surface area contributed by atoms with Crippen LogP contribution in [0.4, 0.5) is 10.5 Å². The summed E-state index contributed by atoms with van der Waals surface area (Å²) in [6.45, 7) is 3.82. The Hall–Kier alpha value is -1.75. The highest BCUT2D eigenvalue weighted by Crippen LogP contribution is 2.19. The molecule has 1 aromatic carbocycles. The number of nitrogens with one attached hydrogen (secondary N) is 1. The lowest BCUT2D eigenvalue weighted by Gasteiger charge is -2.36. The average molecular weight is 493 g/mol. The van der Waals surface area contributed by atoms with E-state index in [9.17, 15) is 9.59 Å². The summed E-state index contributed by atoms with van der Waals surface area (Å²) in [5.74, 6) is 0.221. The summed E-state index contributed by atoms with van der Waals surface area (Å²) >= 11 is 5.92. The number of guanidine groups is 1. The van der Waals surface area contributed by atoms with Gasteiger partial charge in [0.2, 0.25) is 5.91 Å². The second-order valence-electron chi connectivity index (χ2n) is 5.89. The van der Waals surface area contributed by atoms with Gasteiger partial charge in [0.05, 0.1) is 19.6 Å². The van der Waals surface area contributed by atoms with E-state index in [1.165, 1.54) is 0 Å². The molecule has 0 saturated carbocycles. The molecule has 3 rings (SSSR count). The second-order valence-corrected chi connectivity index (χ2v) is 6.33. The van der Waals surface area contributed by atoms with E-state index in [1.807, 2.05) is 29.2 Å². The first-order valence-electron chi connectivity index (χ1n) is 8.18. The number of urea groups is 1. The molecule has 10 heteroatoms. The van der Waals surface area contributed by atoms with E-state index in [0.717, 1.165) is 41.8 Å². The highest BCUT2D eigenvalue weighted by Gasteiger charge is 2.27. The molecular weight excluding hydrogens is 471 g/mol. The third kappa shape index (κ3) is 4.91. The highest BCUT2D eigenvalue weighted by atomic mass is 127. The zero-order valence-electron chi connectivity index (χ0n) is 14.2. The lowest BCUT2D eigenvalue weighted by molar-refractivity contribution is -0.124. The molecule has 2 heterocycles. The van der Waals surface area contributed by atoms with Gasteiger partial charge in [0.1, 0.15) is 0 Å². The van der Waals surface area contributed by atoms with E-state index < -0.39 is 0 Å². The first-order valence-corrected chi connectivity index (χ1v) is 8.56. The zero-order valence-corrected chi connectivity index (χ0v) is 17.3. The third-order valence-electron chi connectivity index (χ3n) is 4.33. The minimum absolute atomic E-state index is 0. The van der Waals surface area contributed by atoms with Crippen molar-refractivity contribution in [2.75, 3.05) is 50.7 Å². The van der Waals surface area contributed by atoms with Crippen molar-refractivity contribution in [1.29, 1.82) is 0 Å². The molecule has 2 aliphatic heterocycles. The largest absolute Gasteiger partial charge is 0.370 e. The van der Waals surface area contributed by atoms with E-state index in [-0.39, 0.29) is 49.0 Å². The minimum atomic E-state index is -0.365. The molecule has 0 unspecified atom stereocenters. The monoisotopic (exact) mass is 492 g/mol. The Morgan fingerprint density at radius 3 is 2.38 bits per heavy atom. The Morgan fingerprint density at radius 2 is 1.81 bits per heavy atom. The number of hydrogen-bond donors (Lipinski definition) is 2. The molecule has 0 aromatic heterocycles. The van der Waals surface area contributed by atoms with E-state index in [1.54, 1.807) is 0 Å². The highest BCUT2D eigenvalue weighted by molar-refractivity contribution is 14.0. The molecule has 2 fully saturated rings. The van der Waals surface area contributed by atoms with Crippen LogP contribution in [0, 0.1) is 0 Å². The number of amides is 3. The molecule has 0 aliphatic carbocycles. The normalized spacial score (nSPS) is 18.0. The number of carbonyl (C=O) groups excluding carboxylic acids is 2. The van der Waals surface area contributed by atoms with Crippen molar-refractivity contribution in [3.05, 3.63) is 29.3 Å². The van der Waals surface area contributed by atoms with Crippen LogP contribution in [0.15, 0.2) is 29.3 Å². The van der Waals surface area contributed by atoms with Gasteiger partial charge in [0.25, 0.3) is 0 Å². The quantitative estimate of drug-likeness (QED) is 0.282. The van der Waals surface area contributed by atoms with Gasteiger partial charge in [-0.1, -0.05) is 11.6 Å². The van der Waals surface area contributed by atoms with Gasteiger partial charge in [0.15, 0.2) is 5.96 Å². The predicted molar refractivity (Wildman–Crippen MR) is 112 cm³/mol. The number of rotatable bonds is 4. The van der Waals surface area contributed by atoms with Gasteiger partial charge in [-0.15, -0.1) is 24.0 Å². The Balaban J connectivity index is 0.00000243. The van der Waals surface area contributed by atoms with Crippen molar-refractivity contribution in [2.45, 2.75) is 0 Å². The number of anilines is 1. The summed E-state index contributed by atoms with van der Waals surface area (Å²) in [6, 6.07) is 7.42. The molecular formula is C16H22ClIN6O2. The third-order valence-corrected chi connectivity index (χ3v) is 4.58. The Labute approximate surface area is 174 Å². The van der Waals surface area contributed by atoms with E-state index in [2.05, 4.69) is 15.2 Å². The van der Waals surface area contributed by atoms with Crippen LogP contribution in [-0.2, 0) is 4.79 Å². The molecule has 8 nitrogen and oxygen atoms in total. The van der Waals surface area contributed by atoms with Crippen LogP contribution in [0.2, 0.25) is 5.02 Å². The molecule has 142 valence electrons. The maximum absolute atomic E-state index is 11.5. The van der Waals surface area contributed by atoms with Crippen LogP contribution in [0.5, 0.6) is 0 Å². The first kappa shape index (κ1) is 20.6. The molecule has 0 bridgehead atoms. The average Bonchev–Trinajstić information content (AvgIpc) is 2.94. The molecule has 3 N–H and O–H groups in total. The van der Waals surface area contributed by atoms with Crippen molar-refractivity contribution in [1.82, 2.24) is 15.1 Å². The van der Waals surface area contributed by atoms with Crippen molar-refractivity contribution in [2.24, 2.45) is 10.7 Å². The lowest BCUT2D eigenvalue weighted by Crippen LogP contribution is -2.51. The number of carbonyl (C=O) groups is 2. The van der Waals surface area contributed by atoms with Gasteiger partial charge in [-0.05, 0) is 24.3 Å². The van der Waals surface area contributed by atoms with Crippen LogP contribution in [-0.4, -0.2) is 73.5 Å². The molecule has 26 heavy (non-hydrogen) atoms. The number of piperazine rings is 1. The van der Waals surface area contributed by atoms with Crippen molar-refractivity contribution in [3.8, 4) is 0 Å². The van der Waals surface area contributed by atoms with Crippen molar-refractivity contribution < 1.29 is 9.59 Å². The molecule has 2 aliphatic rings. The molecule has 0 radical (unpaired) electrons. The molecule has 0 spiro atoms. The van der Waals surface area contributed by atoms with Crippen LogP contribution < -0.4 is 16.0 Å². The molecule has 2 saturated heterocycles. The maximum atomic E-state index is 11.5. The van der Waals surface area contributed by atoms with Gasteiger partial charge in [0, 0.05) is 36.9 Å². The van der Waals surface area contributed by atoms with E-state index >= 15 is 0 Å². The number of nitrogens with zero attached hydrogens (tertiary/aromatic N) is 4. The Bertz CT molecular complexity index is 660. The van der Waals surface area contributed by atoms with Crippen LogP contribution in [0.3, 0.4) is 0 Å². The standard InChI is InChI=1S/C16H21ClN6O2.HI/c17-12-1-3-13(4-2-12)21-7-9-22(10-8-21)15(18)19-5-6-23-14(24)11-20-16(23)25;/h1-4H,5-11H2,(H2,18,19)(H,20,25);1H. The maximum Gasteiger partial charge on any atom is 0.324 e. The van der Waals surface area contributed by atoms with Crippen molar-refractivity contribution >= 4 is 59.2 Å². The van der Waals surface area contributed by atoms with Gasteiger partial charge < -0.3 is 20.9 Å². The Morgan fingerprint density at radius 1 is 1.15 bits per heavy atom. The van der Waals surface area contributed by atoms with Gasteiger partial charge in [-0.2, -0.15) is 0 Å². The SMILES string of the molecule is I.NC(=NCCN1C(=O)CNC1=O)N1CCN(c2ccc(Cl)cc2)CC1. The summed E-state index contributed by atoms with van der Waals surface area (Å²) in [6.07, 6.45) is 0. The number of hydrogen-bond acceptors (Lipinski definition) is 4. The first-order chi connectivity index (χ1) is 12.0. The van der Waals surface area contributed by atoms with E-state index in [4.69, 9.17) is 17.3 Å². The smallest absolute Gasteiger partial charge is 0.324 e. The number of benzene rings is 1. The summed E-state index contributed by atoms with van der Waals surface area (Å²) in [4.78, 5) is 32.7. The zero-order chi connectivity index (χ0) is 17.8. The number of imide groups is 1. The van der Waals surface area contributed by atoms with Crippen LogP contribution in [0.1, 0.15) is 0 Å². The number of halogens is 2. The van der Waals surface area contributed by atoms with E-state index in [0.29, 0.717) is 12.5 Å². The summed E-state index contributed by atoms with van der Waals surface area (Å²) in [5.41, 5.74) is 7.18. The van der Waals surface area contributed by atoms with Gasteiger partial charge in [-0.3, -0.25) is 14.7 Å². The fraction of sp³-hybridized carbons (Fsp3) is 0.438. The minimum Gasteiger partial charge on any atom is -0.370 e. The topological polar surface area (TPSA) is 94.3 Å². The fourth-order valence-electron chi connectivity index (χ4n) is 2.89. The van der Waals surface area contributed by atoms with Gasteiger partial charge in [-0.25, -0.2) is 4.79 Å². The molecule has 0 atom stereocenters. The fourth-order valence-corrected chi connectivity index (χ4v) is 3.02. The summed E-state index contributed by atoms with van der Waals surface area (Å²) in [5, 5.41) is 3.20. The second kappa shape index (κ2) is 9.26. The predicted octanol–water partition coefficient (Wildman–Crippen LogP) is 0.947. The van der Waals surface area contributed by atoms with Crippen LogP contribution >= 0.6 is 35.6 Å². The van der Waals surface area contributed by atoms with Gasteiger partial charge >= 0.3 is 6.03 Å². The Kier molecular flexibility index (Phi) is 7.33. The molecule has 1 aromatic rings. The lowest BCUT2D eigenvalue weighted by atomic mass is 10.2. The number of aliphatic imine (C=N–C) groups is 1. The summed E-state index contributed by atoms with van der Waals surface area (Å²) in [7, 11) is 0. The summed E-state index contributed by atoms with van der Waals surface area (Å²) < 4.78 is 0.